The molecular weight excluding hydrogens is 264 g/mol. The van der Waals surface area contributed by atoms with Crippen molar-refractivity contribution in [2.24, 2.45) is 5.41 Å². The van der Waals surface area contributed by atoms with Crippen molar-refractivity contribution in [3.05, 3.63) is 58.7 Å². The van der Waals surface area contributed by atoms with Crippen LogP contribution in [-0.2, 0) is 19.3 Å². The van der Waals surface area contributed by atoms with Crippen molar-refractivity contribution >= 4 is 5.78 Å². The zero-order valence-electron chi connectivity index (χ0n) is 11.8. The third-order valence-corrected chi connectivity index (χ3v) is 4.82. The molecule has 0 aromatic heterocycles. The lowest BCUT2D eigenvalue weighted by Crippen LogP contribution is -2.28. The summed E-state index contributed by atoms with van der Waals surface area (Å²) in [5, 5.41) is 9.63. The second-order valence-corrected chi connectivity index (χ2v) is 6.12. The predicted octanol–water partition coefficient (Wildman–Crippen LogP) is 2.92. The fourth-order valence-electron chi connectivity index (χ4n) is 3.82. The molecule has 0 fully saturated rings. The average molecular weight is 280 g/mol. The fraction of sp³-hybridized carbons (Fsp3) is 0.278. The number of phenolic OH excluding ortho intramolecular Hbond substituents is 1. The highest BCUT2D eigenvalue weighted by Crippen LogP contribution is 2.48. The van der Waals surface area contributed by atoms with Gasteiger partial charge < -0.3 is 9.84 Å². The zero-order valence-corrected chi connectivity index (χ0v) is 11.8. The van der Waals surface area contributed by atoms with Crippen LogP contribution in [0.15, 0.2) is 36.4 Å². The molecule has 1 N–H and O–H groups in total. The molecule has 1 unspecified atom stereocenters. The first kappa shape index (κ1) is 12.5. The van der Waals surface area contributed by atoms with Crippen LogP contribution in [0, 0.1) is 5.41 Å². The molecule has 2 aromatic carbocycles. The van der Waals surface area contributed by atoms with Crippen molar-refractivity contribution in [2.45, 2.75) is 19.3 Å². The molecule has 0 amide bonds. The van der Waals surface area contributed by atoms with E-state index in [2.05, 4.69) is 0 Å². The second kappa shape index (κ2) is 4.10. The van der Waals surface area contributed by atoms with Gasteiger partial charge in [0.1, 0.15) is 11.5 Å². The van der Waals surface area contributed by atoms with Crippen LogP contribution in [0.4, 0.5) is 0 Å². The van der Waals surface area contributed by atoms with Crippen LogP contribution in [0.1, 0.15) is 27.0 Å². The number of ketones is 1. The molecule has 3 nitrogen and oxygen atoms in total. The van der Waals surface area contributed by atoms with Crippen LogP contribution < -0.4 is 4.74 Å². The monoisotopic (exact) mass is 280 g/mol. The summed E-state index contributed by atoms with van der Waals surface area (Å²) in [6, 6.07) is 11.1. The maximum absolute atomic E-state index is 12.9. The van der Waals surface area contributed by atoms with Gasteiger partial charge in [-0.3, -0.25) is 4.79 Å². The SMILES string of the molecule is COc1ccc2c(c1)CC1(Cc3ccc(O)cc3C1)C2=O. The van der Waals surface area contributed by atoms with Gasteiger partial charge in [0, 0.05) is 11.0 Å². The van der Waals surface area contributed by atoms with Crippen LogP contribution in [0.2, 0.25) is 0 Å². The summed E-state index contributed by atoms with van der Waals surface area (Å²) in [4.78, 5) is 12.9. The van der Waals surface area contributed by atoms with Crippen LogP contribution in [0.5, 0.6) is 11.5 Å². The molecule has 0 saturated heterocycles. The van der Waals surface area contributed by atoms with Gasteiger partial charge in [-0.25, -0.2) is 0 Å². The minimum Gasteiger partial charge on any atom is -0.508 e. The van der Waals surface area contributed by atoms with Crippen molar-refractivity contribution in [1.29, 1.82) is 0 Å². The Kier molecular flexibility index (Phi) is 2.43. The smallest absolute Gasteiger partial charge is 0.170 e. The number of benzene rings is 2. The molecule has 0 bridgehead atoms. The van der Waals surface area contributed by atoms with Crippen molar-refractivity contribution in [1.82, 2.24) is 0 Å². The lowest BCUT2D eigenvalue weighted by Gasteiger charge is -2.20. The molecule has 4 rings (SSSR count). The van der Waals surface area contributed by atoms with Crippen LogP contribution in [-0.4, -0.2) is 18.0 Å². The van der Waals surface area contributed by atoms with E-state index in [0.29, 0.717) is 6.42 Å². The van der Waals surface area contributed by atoms with Crippen LogP contribution >= 0.6 is 0 Å². The number of carbonyl (C=O) groups excluding carboxylic acids is 1. The molecule has 21 heavy (non-hydrogen) atoms. The Morgan fingerprint density at radius 3 is 2.57 bits per heavy atom. The van der Waals surface area contributed by atoms with Gasteiger partial charge in [0.05, 0.1) is 7.11 Å². The number of methoxy groups -OCH3 is 1. The minimum atomic E-state index is -0.356. The van der Waals surface area contributed by atoms with E-state index in [1.165, 1.54) is 5.56 Å². The fourth-order valence-corrected chi connectivity index (χ4v) is 3.82. The molecule has 0 aliphatic heterocycles. The van der Waals surface area contributed by atoms with Gasteiger partial charge in [0.2, 0.25) is 0 Å². The number of rotatable bonds is 1. The Bertz CT molecular complexity index is 763. The van der Waals surface area contributed by atoms with E-state index in [4.69, 9.17) is 4.74 Å². The topological polar surface area (TPSA) is 46.5 Å². The van der Waals surface area contributed by atoms with Gasteiger partial charge in [-0.2, -0.15) is 0 Å². The molecule has 2 aliphatic carbocycles. The molecule has 2 aliphatic rings. The maximum atomic E-state index is 12.9. The van der Waals surface area contributed by atoms with Gasteiger partial charge in [0.15, 0.2) is 5.78 Å². The van der Waals surface area contributed by atoms with Gasteiger partial charge in [-0.05, 0) is 66.3 Å². The molecule has 0 radical (unpaired) electrons. The molecule has 3 heteroatoms. The number of fused-ring (bicyclic) bond motifs is 2. The molecule has 106 valence electrons. The Hall–Kier alpha value is -2.29. The Labute approximate surface area is 123 Å². The lowest BCUT2D eigenvalue weighted by molar-refractivity contribution is 0.0831. The van der Waals surface area contributed by atoms with Crippen LogP contribution in [0.25, 0.3) is 0 Å². The van der Waals surface area contributed by atoms with E-state index in [0.717, 1.165) is 35.3 Å². The van der Waals surface area contributed by atoms with E-state index in [9.17, 15) is 9.90 Å². The minimum absolute atomic E-state index is 0.232. The van der Waals surface area contributed by atoms with E-state index < -0.39 is 0 Å². The number of carbonyl (C=O) groups is 1. The standard InChI is InChI=1S/C18H16O3/c1-21-15-4-5-16-13(7-15)10-18(17(16)20)8-11-2-3-14(19)6-12(11)9-18/h2-7,19H,8-10H2,1H3. The van der Waals surface area contributed by atoms with Gasteiger partial charge >= 0.3 is 0 Å². The first-order chi connectivity index (χ1) is 10.1. The summed E-state index contributed by atoms with van der Waals surface area (Å²) in [6.07, 6.45) is 2.23. The Morgan fingerprint density at radius 1 is 1.00 bits per heavy atom. The summed E-state index contributed by atoms with van der Waals surface area (Å²) in [7, 11) is 1.64. The molecule has 2 aromatic rings. The van der Waals surface area contributed by atoms with Gasteiger partial charge in [-0.15, -0.1) is 0 Å². The summed E-state index contributed by atoms with van der Waals surface area (Å²) < 4.78 is 5.26. The Morgan fingerprint density at radius 2 is 1.76 bits per heavy atom. The van der Waals surface area contributed by atoms with Crippen molar-refractivity contribution in [3.63, 3.8) is 0 Å². The number of hydrogen-bond donors (Lipinski definition) is 1. The average Bonchev–Trinajstić information content (AvgIpc) is 2.96. The highest BCUT2D eigenvalue weighted by atomic mass is 16.5. The number of phenols is 1. The third-order valence-electron chi connectivity index (χ3n) is 4.82. The van der Waals surface area contributed by atoms with Crippen molar-refractivity contribution in [3.8, 4) is 11.5 Å². The molecule has 0 saturated carbocycles. The van der Waals surface area contributed by atoms with E-state index in [-0.39, 0.29) is 16.9 Å². The highest BCUT2D eigenvalue weighted by Gasteiger charge is 2.49. The second-order valence-electron chi connectivity index (χ2n) is 6.12. The number of ether oxygens (including phenoxy) is 1. The first-order valence-electron chi connectivity index (χ1n) is 7.14. The summed E-state index contributed by atoms with van der Waals surface area (Å²) in [5.74, 6) is 1.30. The Balaban J connectivity index is 1.75. The molecule has 0 heterocycles. The van der Waals surface area contributed by atoms with Crippen molar-refractivity contribution < 1.29 is 14.6 Å². The van der Waals surface area contributed by atoms with E-state index in [1.807, 2.05) is 24.3 Å². The van der Waals surface area contributed by atoms with E-state index in [1.54, 1.807) is 19.2 Å². The predicted molar refractivity (Wildman–Crippen MR) is 79.0 cm³/mol. The summed E-state index contributed by atoms with van der Waals surface area (Å²) in [6.45, 7) is 0. The van der Waals surface area contributed by atoms with E-state index >= 15 is 0 Å². The maximum Gasteiger partial charge on any atom is 0.170 e. The summed E-state index contributed by atoms with van der Waals surface area (Å²) >= 11 is 0. The highest BCUT2D eigenvalue weighted by molar-refractivity contribution is 6.05. The van der Waals surface area contributed by atoms with Crippen molar-refractivity contribution in [2.75, 3.05) is 7.11 Å². The number of aromatic hydroxyl groups is 1. The van der Waals surface area contributed by atoms with Gasteiger partial charge in [-0.1, -0.05) is 6.07 Å². The summed E-state index contributed by atoms with van der Waals surface area (Å²) in [5.41, 5.74) is 3.83. The zero-order chi connectivity index (χ0) is 14.6. The molecular formula is C18H16O3. The molecule has 1 atom stereocenters. The lowest BCUT2D eigenvalue weighted by atomic mass is 9.81. The largest absolute Gasteiger partial charge is 0.508 e. The molecule has 1 spiro atoms. The normalized spacial score (nSPS) is 22.4. The van der Waals surface area contributed by atoms with Gasteiger partial charge in [0.25, 0.3) is 0 Å². The third kappa shape index (κ3) is 1.70. The quantitative estimate of drug-likeness (QED) is 0.873. The van der Waals surface area contributed by atoms with Crippen LogP contribution in [0.3, 0.4) is 0 Å². The first-order valence-corrected chi connectivity index (χ1v) is 7.14. The number of Topliss-reactive ketones (excluding diaryl/α,β-unsaturated/α-hetero) is 1. The number of hydrogen-bond acceptors (Lipinski definition) is 3.